The van der Waals surface area contributed by atoms with Gasteiger partial charge in [-0.3, -0.25) is 10.1 Å². The summed E-state index contributed by atoms with van der Waals surface area (Å²) in [5, 5.41) is 5.61. The largest absolute Gasteiger partial charge is 0.493 e. The molecule has 0 aliphatic heterocycles. The zero-order chi connectivity index (χ0) is 23.7. The van der Waals surface area contributed by atoms with Gasteiger partial charge in [-0.1, -0.05) is 36.7 Å². The third-order valence-electron chi connectivity index (χ3n) is 4.33. The van der Waals surface area contributed by atoms with E-state index in [0.29, 0.717) is 42.5 Å². The van der Waals surface area contributed by atoms with Crippen LogP contribution in [-0.4, -0.2) is 32.6 Å². The zero-order valence-corrected chi connectivity index (χ0v) is 21.5. The SMILES string of the molecule is CCCNS(=O)(=O)c1ccc(NC(=S)NC(=O)c2cc(Br)ccc2OCCC(C)C)cc1. The highest BCUT2D eigenvalue weighted by atomic mass is 79.9. The first kappa shape index (κ1) is 26.2. The van der Waals surface area contributed by atoms with Crippen LogP contribution in [0.4, 0.5) is 5.69 Å². The van der Waals surface area contributed by atoms with Crippen molar-refractivity contribution in [2.24, 2.45) is 5.92 Å². The molecule has 0 saturated heterocycles. The van der Waals surface area contributed by atoms with Crippen molar-refractivity contribution >= 4 is 54.9 Å². The summed E-state index contributed by atoms with van der Waals surface area (Å²) in [4.78, 5) is 12.9. The molecule has 10 heteroatoms. The number of halogens is 1. The number of anilines is 1. The molecule has 0 unspecified atom stereocenters. The van der Waals surface area contributed by atoms with Gasteiger partial charge in [-0.25, -0.2) is 13.1 Å². The lowest BCUT2D eigenvalue weighted by molar-refractivity contribution is 0.0973. The lowest BCUT2D eigenvalue weighted by atomic mass is 10.1. The van der Waals surface area contributed by atoms with E-state index in [1.165, 1.54) is 12.1 Å². The van der Waals surface area contributed by atoms with Crippen molar-refractivity contribution in [1.82, 2.24) is 10.0 Å². The molecule has 174 valence electrons. The zero-order valence-electron chi connectivity index (χ0n) is 18.3. The van der Waals surface area contributed by atoms with Crippen molar-refractivity contribution in [2.75, 3.05) is 18.5 Å². The van der Waals surface area contributed by atoms with E-state index in [2.05, 4.69) is 45.1 Å². The molecule has 0 aliphatic rings. The summed E-state index contributed by atoms with van der Waals surface area (Å²) in [7, 11) is -3.54. The average Bonchev–Trinajstić information content (AvgIpc) is 2.73. The van der Waals surface area contributed by atoms with Crippen molar-refractivity contribution < 1.29 is 17.9 Å². The maximum Gasteiger partial charge on any atom is 0.261 e. The van der Waals surface area contributed by atoms with Crippen LogP contribution in [0.15, 0.2) is 51.8 Å². The first-order valence-electron chi connectivity index (χ1n) is 10.3. The molecule has 0 bridgehead atoms. The molecule has 0 aromatic heterocycles. The first-order valence-corrected chi connectivity index (χ1v) is 12.9. The molecule has 2 aromatic rings. The van der Waals surface area contributed by atoms with Crippen LogP contribution in [0.25, 0.3) is 0 Å². The van der Waals surface area contributed by atoms with E-state index in [-0.39, 0.29) is 10.0 Å². The number of hydrogen-bond donors (Lipinski definition) is 3. The molecule has 0 fully saturated rings. The van der Waals surface area contributed by atoms with E-state index in [9.17, 15) is 13.2 Å². The van der Waals surface area contributed by atoms with Gasteiger partial charge in [0.1, 0.15) is 5.75 Å². The number of rotatable bonds is 10. The van der Waals surface area contributed by atoms with Crippen molar-refractivity contribution in [2.45, 2.75) is 38.5 Å². The summed E-state index contributed by atoms with van der Waals surface area (Å²) >= 11 is 8.62. The lowest BCUT2D eigenvalue weighted by Crippen LogP contribution is -2.34. The molecule has 1 amide bonds. The Labute approximate surface area is 203 Å². The van der Waals surface area contributed by atoms with Gasteiger partial charge in [0.15, 0.2) is 5.11 Å². The second-order valence-electron chi connectivity index (χ2n) is 7.50. The van der Waals surface area contributed by atoms with Gasteiger partial charge < -0.3 is 10.1 Å². The topological polar surface area (TPSA) is 96.5 Å². The smallest absolute Gasteiger partial charge is 0.261 e. The van der Waals surface area contributed by atoms with Crippen molar-refractivity contribution in [3.05, 3.63) is 52.5 Å². The minimum absolute atomic E-state index is 0.0859. The number of amides is 1. The minimum atomic E-state index is -3.54. The molecule has 0 radical (unpaired) electrons. The van der Waals surface area contributed by atoms with Crippen LogP contribution in [0.1, 0.15) is 44.0 Å². The molecular weight excluding hydrogens is 514 g/mol. The highest BCUT2D eigenvalue weighted by Crippen LogP contribution is 2.24. The Hall–Kier alpha value is -2.01. The van der Waals surface area contributed by atoms with Crippen LogP contribution in [0.5, 0.6) is 5.75 Å². The van der Waals surface area contributed by atoms with Gasteiger partial charge in [-0.2, -0.15) is 0 Å². The third kappa shape index (κ3) is 8.16. The van der Waals surface area contributed by atoms with E-state index in [1.807, 2.05) is 13.0 Å². The molecule has 0 atom stereocenters. The summed E-state index contributed by atoms with van der Waals surface area (Å²) in [6.07, 6.45) is 1.58. The Morgan fingerprint density at radius 3 is 2.47 bits per heavy atom. The predicted octanol–water partition coefficient (Wildman–Crippen LogP) is 4.69. The molecule has 0 aliphatic carbocycles. The molecule has 7 nitrogen and oxygen atoms in total. The summed E-state index contributed by atoms with van der Waals surface area (Å²) in [5.41, 5.74) is 0.906. The summed E-state index contributed by atoms with van der Waals surface area (Å²) in [5.74, 6) is 0.554. The van der Waals surface area contributed by atoms with Crippen molar-refractivity contribution in [3.8, 4) is 5.75 Å². The number of thiocarbonyl (C=S) groups is 1. The number of ether oxygens (including phenoxy) is 1. The number of hydrogen-bond acceptors (Lipinski definition) is 5. The normalized spacial score (nSPS) is 11.3. The molecule has 0 spiro atoms. The summed E-state index contributed by atoms with van der Waals surface area (Å²) < 4.78 is 33.4. The Morgan fingerprint density at radius 2 is 1.84 bits per heavy atom. The van der Waals surface area contributed by atoms with Gasteiger partial charge in [0.2, 0.25) is 10.0 Å². The van der Waals surface area contributed by atoms with Gasteiger partial charge >= 0.3 is 0 Å². The van der Waals surface area contributed by atoms with Gasteiger partial charge in [0.25, 0.3) is 5.91 Å². The van der Waals surface area contributed by atoms with E-state index in [4.69, 9.17) is 17.0 Å². The molecule has 0 saturated carbocycles. The van der Waals surface area contributed by atoms with Crippen molar-refractivity contribution in [1.29, 1.82) is 0 Å². The average molecular weight is 543 g/mol. The Morgan fingerprint density at radius 1 is 1.16 bits per heavy atom. The van der Waals surface area contributed by atoms with Crippen LogP contribution < -0.4 is 20.1 Å². The van der Waals surface area contributed by atoms with Gasteiger partial charge in [0, 0.05) is 16.7 Å². The van der Waals surface area contributed by atoms with Crippen LogP contribution in [0, 0.1) is 5.92 Å². The highest BCUT2D eigenvalue weighted by molar-refractivity contribution is 9.10. The fraction of sp³-hybridized carbons (Fsp3) is 0.364. The Balaban J connectivity index is 2.02. The van der Waals surface area contributed by atoms with E-state index in [1.54, 1.807) is 24.3 Å². The number of benzene rings is 2. The highest BCUT2D eigenvalue weighted by Gasteiger charge is 2.16. The number of nitrogens with one attached hydrogen (secondary N) is 3. The fourth-order valence-corrected chi connectivity index (χ4v) is 4.29. The molecule has 2 rings (SSSR count). The maximum atomic E-state index is 12.8. The van der Waals surface area contributed by atoms with Crippen molar-refractivity contribution in [3.63, 3.8) is 0 Å². The standard InChI is InChI=1S/C22H28BrN3O4S2/c1-4-12-24-32(28,29)18-8-6-17(7-9-18)25-22(31)26-21(27)19-14-16(23)5-10-20(19)30-13-11-15(2)3/h5-10,14-15,24H,4,11-13H2,1-3H3,(H2,25,26,27,31). The van der Waals surface area contributed by atoms with Crippen LogP contribution in [-0.2, 0) is 10.0 Å². The molecular formula is C22H28BrN3O4S2. The third-order valence-corrected chi connectivity index (χ3v) is 6.50. The Kier molecular flexibility index (Phi) is 10.1. The quantitative estimate of drug-likeness (QED) is 0.377. The molecule has 32 heavy (non-hydrogen) atoms. The predicted molar refractivity (Wildman–Crippen MR) is 135 cm³/mol. The Bertz CT molecular complexity index is 1040. The maximum absolute atomic E-state index is 12.8. The number of carbonyl (C=O) groups excluding carboxylic acids is 1. The number of sulfonamides is 1. The first-order chi connectivity index (χ1) is 15.1. The van der Waals surface area contributed by atoms with Crippen LogP contribution in [0.2, 0.25) is 0 Å². The fourth-order valence-electron chi connectivity index (χ4n) is 2.58. The van der Waals surface area contributed by atoms with Gasteiger partial charge in [0.05, 0.1) is 17.1 Å². The van der Waals surface area contributed by atoms with Crippen LogP contribution in [0.3, 0.4) is 0 Å². The van der Waals surface area contributed by atoms with Gasteiger partial charge in [-0.05, 0) is 73.4 Å². The lowest BCUT2D eigenvalue weighted by Gasteiger charge is -2.14. The molecule has 3 N–H and O–H groups in total. The summed E-state index contributed by atoms with van der Waals surface area (Å²) in [6.45, 7) is 6.97. The molecule has 2 aromatic carbocycles. The van der Waals surface area contributed by atoms with E-state index >= 15 is 0 Å². The molecule has 0 heterocycles. The van der Waals surface area contributed by atoms with Crippen LogP contribution >= 0.6 is 28.1 Å². The second kappa shape index (κ2) is 12.3. The van der Waals surface area contributed by atoms with Gasteiger partial charge in [-0.15, -0.1) is 0 Å². The summed E-state index contributed by atoms with van der Waals surface area (Å²) in [6, 6.07) is 11.3. The second-order valence-corrected chi connectivity index (χ2v) is 10.6. The monoisotopic (exact) mass is 541 g/mol. The minimum Gasteiger partial charge on any atom is -0.493 e. The van der Waals surface area contributed by atoms with E-state index in [0.717, 1.165) is 10.9 Å². The number of carbonyl (C=O) groups is 1. The van der Waals surface area contributed by atoms with E-state index < -0.39 is 15.9 Å².